The minimum atomic E-state index is -1.49. The fraction of sp³-hybridized carbons (Fsp3) is 1.00. The molecule has 148 valence electrons. The third-order valence-electron chi connectivity index (χ3n) is 4.82. The Morgan fingerprint density at radius 1 is 0.800 bits per heavy atom. The highest BCUT2D eigenvalue weighted by Crippen LogP contribution is 2.30. The van der Waals surface area contributed by atoms with E-state index in [1.54, 1.807) is 6.92 Å². The zero-order chi connectivity index (χ0) is 18.7. The maximum absolute atomic E-state index is 10.3. The highest BCUT2D eigenvalue weighted by atomic mass is 16.7. The van der Waals surface area contributed by atoms with Crippen molar-refractivity contribution in [2.45, 2.75) is 68.7 Å². The monoisotopic (exact) mass is 368 g/mol. The molecule has 2 rings (SSSR count). The number of aliphatic hydroxyl groups excluding tert-OH is 6. The van der Waals surface area contributed by atoms with E-state index in [1.807, 2.05) is 0 Å². The summed E-state index contributed by atoms with van der Waals surface area (Å²) in [6.07, 6.45) is -10.3. The van der Waals surface area contributed by atoms with Crippen molar-refractivity contribution in [3.05, 3.63) is 0 Å². The van der Waals surface area contributed by atoms with Gasteiger partial charge in [0.15, 0.2) is 12.6 Å². The highest BCUT2D eigenvalue weighted by molar-refractivity contribution is 4.91. The maximum Gasteiger partial charge on any atom is 0.186 e. The Balaban J connectivity index is 1.99. The van der Waals surface area contributed by atoms with Gasteiger partial charge in [-0.1, -0.05) is 6.92 Å². The number of hydrogen-bond donors (Lipinski definition) is 6. The van der Waals surface area contributed by atoms with Crippen LogP contribution in [0.5, 0.6) is 0 Å². The van der Waals surface area contributed by atoms with Gasteiger partial charge in [-0.05, 0) is 6.42 Å². The minimum Gasteiger partial charge on any atom is -0.394 e. The molecule has 0 aromatic heterocycles. The van der Waals surface area contributed by atoms with Crippen molar-refractivity contribution in [3.63, 3.8) is 0 Å². The molecule has 0 amide bonds. The van der Waals surface area contributed by atoms with Crippen molar-refractivity contribution < 1.29 is 49.6 Å². The summed E-state index contributed by atoms with van der Waals surface area (Å²) in [5.74, 6) is -0.549. The summed E-state index contributed by atoms with van der Waals surface area (Å²) in [6.45, 7) is 1.07. The maximum atomic E-state index is 10.3. The molecule has 0 aliphatic carbocycles. The Kier molecular flexibility index (Phi) is 7.52. The fourth-order valence-electron chi connectivity index (χ4n) is 3.22. The first-order valence-corrected chi connectivity index (χ1v) is 8.32. The average Bonchev–Trinajstić information content (AvgIpc) is 2.61. The van der Waals surface area contributed by atoms with Crippen LogP contribution in [-0.4, -0.2) is 106 Å². The van der Waals surface area contributed by atoms with Gasteiger partial charge in [0.05, 0.1) is 19.3 Å². The summed E-state index contributed by atoms with van der Waals surface area (Å²) in [7, 11) is 1.28. The number of ether oxygens (including phenoxy) is 4. The van der Waals surface area contributed by atoms with Gasteiger partial charge in [0.1, 0.15) is 36.6 Å². The molecular formula is C15H28O10. The van der Waals surface area contributed by atoms with Crippen LogP contribution >= 0.6 is 0 Å². The largest absolute Gasteiger partial charge is 0.394 e. The topological polar surface area (TPSA) is 158 Å². The molecule has 6 N–H and O–H groups in total. The van der Waals surface area contributed by atoms with Gasteiger partial charge < -0.3 is 49.6 Å². The molecule has 2 aliphatic heterocycles. The van der Waals surface area contributed by atoms with Crippen LogP contribution in [0, 0.1) is 5.92 Å². The molecule has 10 atom stereocenters. The predicted octanol–water partition coefficient (Wildman–Crippen LogP) is -3.08. The van der Waals surface area contributed by atoms with E-state index in [4.69, 9.17) is 18.9 Å². The molecule has 2 aliphatic rings. The van der Waals surface area contributed by atoms with Crippen LogP contribution in [0.25, 0.3) is 0 Å². The summed E-state index contributed by atoms with van der Waals surface area (Å²) >= 11 is 0. The van der Waals surface area contributed by atoms with Gasteiger partial charge in [-0.3, -0.25) is 0 Å². The van der Waals surface area contributed by atoms with E-state index in [2.05, 4.69) is 0 Å². The lowest BCUT2D eigenvalue weighted by Gasteiger charge is -2.43. The number of rotatable bonds is 6. The molecule has 2 fully saturated rings. The Morgan fingerprint density at radius 3 is 2.00 bits per heavy atom. The van der Waals surface area contributed by atoms with E-state index >= 15 is 0 Å². The van der Waals surface area contributed by atoms with Crippen LogP contribution < -0.4 is 0 Å². The predicted molar refractivity (Wildman–Crippen MR) is 81.2 cm³/mol. The number of methoxy groups -OCH3 is 1. The summed E-state index contributed by atoms with van der Waals surface area (Å²) < 4.78 is 21.1. The van der Waals surface area contributed by atoms with Crippen molar-refractivity contribution in [1.29, 1.82) is 0 Å². The van der Waals surface area contributed by atoms with Crippen molar-refractivity contribution in [1.82, 2.24) is 0 Å². The summed E-state index contributed by atoms with van der Waals surface area (Å²) in [6, 6.07) is 0. The molecule has 0 aromatic rings. The third-order valence-corrected chi connectivity index (χ3v) is 4.82. The van der Waals surface area contributed by atoms with Gasteiger partial charge in [0.2, 0.25) is 0 Å². The molecule has 0 radical (unpaired) electrons. The van der Waals surface area contributed by atoms with Crippen molar-refractivity contribution in [2.75, 3.05) is 20.3 Å². The first kappa shape index (κ1) is 20.9. The van der Waals surface area contributed by atoms with E-state index in [-0.39, 0.29) is 6.61 Å². The van der Waals surface area contributed by atoms with Crippen LogP contribution in [-0.2, 0) is 18.9 Å². The van der Waals surface area contributed by atoms with Gasteiger partial charge >= 0.3 is 0 Å². The Morgan fingerprint density at radius 2 is 1.44 bits per heavy atom. The van der Waals surface area contributed by atoms with E-state index < -0.39 is 67.8 Å². The van der Waals surface area contributed by atoms with E-state index in [9.17, 15) is 30.6 Å². The molecule has 2 heterocycles. The number of aliphatic hydroxyl groups is 6. The SMILES string of the molecule is CC[C@H]1C(O)[C@H](OCC2O[C@@H](OC)[C@@H](O)C(O)[C@@H]2O)OC(CO)[C@H]1O. The molecule has 0 spiro atoms. The second kappa shape index (κ2) is 9.00. The van der Waals surface area contributed by atoms with E-state index in [1.165, 1.54) is 7.11 Å². The van der Waals surface area contributed by atoms with Gasteiger partial charge in [0.25, 0.3) is 0 Å². The van der Waals surface area contributed by atoms with Crippen molar-refractivity contribution in [3.8, 4) is 0 Å². The fourth-order valence-corrected chi connectivity index (χ4v) is 3.22. The van der Waals surface area contributed by atoms with Crippen LogP contribution in [0.3, 0.4) is 0 Å². The first-order valence-electron chi connectivity index (χ1n) is 8.32. The molecule has 25 heavy (non-hydrogen) atoms. The van der Waals surface area contributed by atoms with Crippen LogP contribution in [0.1, 0.15) is 13.3 Å². The minimum absolute atomic E-state index is 0.267. The van der Waals surface area contributed by atoms with E-state index in [0.29, 0.717) is 6.42 Å². The molecule has 0 bridgehead atoms. The quantitative estimate of drug-likeness (QED) is 0.284. The lowest BCUT2D eigenvalue weighted by Crippen LogP contribution is -2.60. The Bertz CT molecular complexity index is 408. The van der Waals surface area contributed by atoms with Crippen molar-refractivity contribution in [2.24, 2.45) is 5.92 Å². The lowest BCUT2D eigenvalue weighted by molar-refractivity contribution is -0.324. The lowest BCUT2D eigenvalue weighted by atomic mass is 9.87. The molecule has 0 saturated carbocycles. The number of hydrogen-bond acceptors (Lipinski definition) is 10. The van der Waals surface area contributed by atoms with Crippen LogP contribution in [0.15, 0.2) is 0 Å². The molecule has 10 heteroatoms. The second-order valence-electron chi connectivity index (χ2n) is 6.36. The first-order chi connectivity index (χ1) is 11.8. The van der Waals surface area contributed by atoms with Gasteiger partial charge in [-0.15, -0.1) is 0 Å². The Labute approximate surface area is 145 Å². The second-order valence-corrected chi connectivity index (χ2v) is 6.36. The smallest absolute Gasteiger partial charge is 0.186 e. The zero-order valence-electron chi connectivity index (χ0n) is 14.2. The standard InChI is InChI=1S/C15H28O10/c1-3-6-9(17)7(4-16)24-15(10(6)18)23-5-8-11(19)12(20)13(21)14(22-2)25-8/h6-21H,3-5H2,1-2H3/t6-,7?,8?,9+,10?,11-,12?,13+,14-,15-/m1/s1. The summed E-state index contributed by atoms with van der Waals surface area (Å²) in [5.41, 5.74) is 0. The van der Waals surface area contributed by atoms with Gasteiger partial charge in [-0.2, -0.15) is 0 Å². The normalized spacial score (nSPS) is 48.5. The third kappa shape index (κ3) is 4.30. The highest BCUT2D eigenvalue weighted by Gasteiger charge is 2.47. The molecular weight excluding hydrogens is 340 g/mol. The zero-order valence-corrected chi connectivity index (χ0v) is 14.2. The molecule has 10 nitrogen and oxygen atoms in total. The van der Waals surface area contributed by atoms with E-state index in [0.717, 1.165) is 0 Å². The van der Waals surface area contributed by atoms with Gasteiger partial charge in [0, 0.05) is 13.0 Å². The molecule has 0 aromatic carbocycles. The van der Waals surface area contributed by atoms with Crippen molar-refractivity contribution >= 4 is 0 Å². The average molecular weight is 368 g/mol. The van der Waals surface area contributed by atoms with Gasteiger partial charge in [-0.25, -0.2) is 0 Å². The van der Waals surface area contributed by atoms with Crippen LogP contribution in [0.2, 0.25) is 0 Å². The summed E-state index contributed by atoms with van der Waals surface area (Å²) in [4.78, 5) is 0. The molecule has 4 unspecified atom stereocenters. The Hall–Kier alpha value is -0.400. The summed E-state index contributed by atoms with van der Waals surface area (Å²) in [5, 5.41) is 59.2. The van der Waals surface area contributed by atoms with Crippen LogP contribution in [0.4, 0.5) is 0 Å². The molecule has 2 saturated heterocycles.